The van der Waals surface area contributed by atoms with E-state index in [2.05, 4.69) is 40.2 Å². The van der Waals surface area contributed by atoms with Crippen LogP contribution in [0.3, 0.4) is 0 Å². The molecule has 7 heteroatoms. The molecule has 0 amide bonds. The molecule has 0 bridgehead atoms. The molecule has 2 N–H and O–H groups in total. The van der Waals surface area contributed by atoms with Crippen LogP contribution in [-0.2, 0) is 16.0 Å². The van der Waals surface area contributed by atoms with Crippen LogP contribution < -0.4 is 5.32 Å². The highest BCUT2D eigenvalue weighted by molar-refractivity contribution is 5.05. The minimum atomic E-state index is -0.353. The van der Waals surface area contributed by atoms with Crippen molar-refractivity contribution in [3.63, 3.8) is 0 Å². The van der Waals surface area contributed by atoms with Crippen molar-refractivity contribution in [3.8, 4) is 0 Å². The summed E-state index contributed by atoms with van der Waals surface area (Å²) in [5.41, 5.74) is 0.816. The molecule has 24 heavy (non-hydrogen) atoms. The number of hydrogen-bond acceptors (Lipinski definition) is 6. The van der Waals surface area contributed by atoms with Crippen LogP contribution in [0.15, 0.2) is 12.4 Å². The molecule has 2 saturated heterocycles. The molecule has 0 aliphatic carbocycles. The summed E-state index contributed by atoms with van der Waals surface area (Å²) < 4.78 is 13.2. The standard InChI is InChI=1S/C17H30N4O3/c1-14-10-24-13-17(12-22,20(14)2)11-18-7-15-8-19-21(9-15)16-3-5-23-6-4-16/h8-9,14,16,18,22H,3-7,10-13H2,1-2H3/t14-,17+/m1/s1. The maximum Gasteiger partial charge on any atom is 0.0802 e. The van der Waals surface area contributed by atoms with E-state index in [-0.39, 0.29) is 12.1 Å². The van der Waals surface area contributed by atoms with Gasteiger partial charge in [0.05, 0.1) is 37.6 Å². The maximum atomic E-state index is 9.91. The van der Waals surface area contributed by atoms with E-state index >= 15 is 0 Å². The average Bonchev–Trinajstić information content (AvgIpc) is 3.08. The fourth-order valence-electron chi connectivity index (χ4n) is 3.55. The number of aromatic nitrogens is 2. The third-order valence-electron chi connectivity index (χ3n) is 5.44. The molecule has 7 nitrogen and oxygen atoms in total. The molecule has 3 heterocycles. The van der Waals surface area contributed by atoms with Crippen molar-refractivity contribution in [2.45, 2.75) is 43.9 Å². The molecule has 2 aliphatic rings. The first-order valence-electron chi connectivity index (χ1n) is 8.88. The molecule has 2 fully saturated rings. The van der Waals surface area contributed by atoms with Crippen molar-refractivity contribution in [2.75, 3.05) is 46.6 Å². The van der Waals surface area contributed by atoms with Gasteiger partial charge in [-0.1, -0.05) is 0 Å². The first-order chi connectivity index (χ1) is 11.6. The monoisotopic (exact) mass is 338 g/mol. The zero-order valence-electron chi connectivity index (χ0n) is 14.8. The SMILES string of the molecule is C[C@@H]1COC[C@@](CO)(CNCc2cnn(C3CCOCC3)c2)N1C. The fraction of sp³-hybridized carbons (Fsp3) is 0.824. The topological polar surface area (TPSA) is 71.8 Å². The van der Waals surface area contributed by atoms with Gasteiger partial charge in [0.25, 0.3) is 0 Å². The predicted molar refractivity (Wildman–Crippen MR) is 90.9 cm³/mol. The number of rotatable bonds is 6. The summed E-state index contributed by atoms with van der Waals surface area (Å²) in [5, 5.41) is 17.9. The number of nitrogens with zero attached hydrogens (tertiary/aromatic N) is 3. The van der Waals surface area contributed by atoms with Gasteiger partial charge < -0.3 is 19.9 Å². The van der Waals surface area contributed by atoms with E-state index in [4.69, 9.17) is 9.47 Å². The molecule has 0 saturated carbocycles. The van der Waals surface area contributed by atoms with Crippen LogP contribution in [0, 0.1) is 0 Å². The van der Waals surface area contributed by atoms with Crippen LogP contribution in [-0.4, -0.2) is 78.0 Å². The lowest BCUT2D eigenvalue weighted by atomic mass is 9.96. The largest absolute Gasteiger partial charge is 0.394 e. The van der Waals surface area contributed by atoms with E-state index < -0.39 is 0 Å². The Labute approximate surface area is 143 Å². The molecule has 2 atom stereocenters. The number of hydrogen-bond donors (Lipinski definition) is 2. The van der Waals surface area contributed by atoms with Gasteiger partial charge in [0, 0.05) is 44.1 Å². The minimum Gasteiger partial charge on any atom is -0.394 e. The van der Waals surface area contributed by atoms with Crippen LogP contribution >= 0.6 is 0 Å². The second-order valence-electron chi connectivity index (χ2n) is 7.13. The zero-order chi connectivity index (χ0) is 17.0. The lowest BCUT2D eigenvalue weighted by Crippen LogP contribution is -2.65. The summed E-state index contributed by atoms with van der Waals surface area (Å²) in [6.45, 7) is 6.56. The van der Waals surface area contributed by atoms with E-state index in [9.17, 15) is 5.11 Å². The molecular formula is C17H30N4O3. The van der Waals surface area contributed by atoms with Crippen molar-refractivity contribution >= 4 is 0 Å². The summed E-state index contributed by atoms with van der Waals surface area (Å²) in [4.78, 5) is 2.23. The van der Waals surface area contributed by atoms with Crippen LogP contribution in [0.5, 0.6) is 0 Å². The molecule has 0 unspecified atom stereocenters. The highest BCUT2D eigenvalue weighted by Crippen LogP contribution is 2.22. The quantitative estimate of drug-likeness (QED) is 0.783. The van der Waals surface area contributed by atoms with Crippen LogP contribution in [0.2, 0.25) is 0 Å². The highest BCUT2D eigenvalue weighted by Gasteiger charge is 2.39. The van der Waals surface area contributed by atoms with Gasteiger partial charge in [0.2, 0.25) is 0 Å². The first-order valence-corrected chi connectivity index (χ1v) is 8.88. The third-order valence-corrected chi connectivity index (χ3v) is 5.44. The number of morpholine rings is 1. The van der Waals surface area contributed by atoms with Gasteiger partial charge >= 0.3 is 0 Å². The fourth-order valence-corrected chi connectivity index (χ4v) is 3.55. The molecule has 2 aliphatic heterocycles. The van der Waals surface area contributed by atoms with E-state index in [0.717, 1.165) is 39.2 Å². The van der Waals surface area contributed by atoms with Crippen LogP contribution in [0.25, 0.3) is 0 Å². The lowest BCUT2D eigenvalue weighted by Gasteiger charge is -2.47. The van der Waals surface area contributed by atoms with E-state index in [1.54, 1.807) is 0 Å². The highest BCUT2D eigenvalue weighted by atomic mass is 16.5. The zero-order valence-corrected chi connectivity index (χ0v) is 14.8. The van der Waals surface area contributed by atoms with Crippen LogP contribution in [0.4, 0.5) is 0 Å². The summed E-state index contributed by atoms with van der Waals surface area (Å²) in [6.07, 6.45) is 6.11. The van der Waals surface area contributed by atoms with Crippen molar-refractivity contribution in [3.05, 3.63) is 18.0 Å². The average molecular weight is 338 g/mol. The Morgan fingerprint density at radius 1 is 1.38 bits per heavy atom. The Hall–Kier alpha value is -0.990. The number of likely N-dealkylation sites (N-methyl/N-ethyl adjacent to an activating group) is 1. The first kappa shape index (κ1) is 17.8. The number of ether oxygens (including phenoxy) is 2. The Balaban J connectivity index is 1.53. The number of aliphatic hydroxyl groups is 1. The smallest absolute Gasteiger partial charge is 0.0802 e. The third kappa shape index (κ3) is 3.81. The van der Waals surface area contributed by atoms with Crippen molar-refractivity contribution in [2.24, 2.45) is 0 Å². The van der Waals surface area contributed by atoms with Gasteiger partial charge in [-0.3, -0.25) is 9.58 Å². The predicted octanol–water partition coefficient (Wildman–Crippen LogP) is 0.406. The van der Waals surface area contributed by atoms with Gasteiger partial charge in [-0.2, -0.15) is 5.10 Å². The van der Waals surface area contributed by atoms with Crippen molar-refractivity contribution < 1.29 is 14.6 Å². The molecule has 0 aromatic carbocycles. The van der Waals surface area contributed by atoms with Gasteiger partial charge in [0.15, 0.2) is 0 Å². The summed E-state index contributed by atoms with van der Waals surface area (Å²) in [6, 6.07) is 0.763. The molecular weight excluding hydrogens is 308 g/mol. The maximum absolute atomic E-state index is 9.91. The minimum absolute atomic E-state index is 0.0855. The molecule has 136 valence electrons. The summed E-state index contributed by atoms with van der Waals surface area (Å²) >= 11 is 0. The summed E-state index contributed by atoms with van der Waals surface area (Å²) in [7, 11) is 2.06. The molecule has 3 rings (SSSR count). The lowest BCUT2D eigenvalue weighted by molar-refractivity contribution is -0.106. The van der Waals surface area contributed by atoms with Crippen molar-refractivity contribution in [1.29, 1.82) is 0 Å². The molecule has 1 aromatic rings. The Morgan fingerprint density at radius 3 is 2.92 bits per heavy atom. The number of nitrogens with one attached hydrogen (secondary N) is 1. The molecule has 0 spiro atoms. The van der Waals surface area contributed by atoms with Crippen molar-refractivity contribution in [1.82, 2.24) is 20.0 Å². The second-order valence-corrected chi connectivity index (χ2v) is 7.13. The van der Waals surface area contributed by atoms with E-state index in [1.165, 1.54) is 5.56 Å². The Kier molecular flexibility index (Phi) is 5.89. The van der Waals surface area contributed by atoms with E-state index in [1.807, 2.05) is 6.20 Å². The van der Waals surface area contributed by atoms with Gasteiger partial charge in [-0.05, 0) is 26.8 Å². The molecule has 1 aromatic heterocycles. The number of aliphatic hydroxyl groups excluding tert-OH is 1. The summed E-state index contributed by atoms with van der Waals surface area (Å²) in [5.74, 6) is 0. The van der Waals surface area contributed by atoms with E-state index in [0.29, 0.717) is 25.2 Å². The van der Waals surface area contributed by atoms with Gasteiger partial charge in [0.1, 0.15) is 0 Å². The van der Waals surface area contributed by atoms with Crippen LogP contribution in [0.1, 0.15) is 31.4 Å². The Morgan fingerprint density at radius 2 is 2.17 bits per heavy atom. The second kappa shape index (κ2) is 7.93. The normalized spacial score (nSPS) is 29.9. The Bertz CT molecular complexity index is 518. The van der Waals surface area contributed by atoms with Gasteiger partial charge in [-0.15, -0.1) is 0 Å². The molecule has 0 radical (unpaired) electrons. The van der Waals surface area contributed by atoms with Gasteiger partial charge in [-0.25, -0.2) is 0 Å².